The molecule has 6 heteroatoms. The highest BCUT2D eigenvalue weighted by atomic mass is 16.5. The van der Waals surface area contributed by atoms with Gasteiger partial charge >= 0.3 is 0 Å². The van der Waals surface area contributed by atoms with Crippen LogP contribution in [-0.2, 0) is 11.8 Å². The summed E-state index contributed by atoms with van der Waals surface area (Å²) in [5, 5.41) is 5.48. The summed E-state index contributed by atoms with van der Waals surface area (Å²) in [5.74, 6) is 0.645. The summed E-state index contributed by atoms with van der Waals surface area (Å²) in [6, 6.07) is 7.97. The van der Waals surface area contributed by atoms with E-state index in [1.807, 2.05) is 36.2 Å². The van der Waals surface area contributed by atoms with Crippen molar-refractivity contribution in [2.24, 2.45) is 13.0 Å². The first kappa shape index (κ1) is 18.1. The fourth-order valence-electron chi connectivity index (χ4n) is 5.46. The van der Waals surface area contributed by atoms with E-state index in [-0.39, 0.29) is 11.5 Å². The van der Waals surface area contributed by atoms with E-state index in [1.165, 1.54) is 25.9 Å². The predicted octanol–water partition coefficient (Wildman–Crippen LogP) is 2.68. The zero-order valence-electron chi connectivity index (χ0n) is 16.8. The SMILES string of the molecule is Cn1nc(C(=O)N2CCC[C@@]3(C[C@H](CN4CCCC4)CO3)C2)c2ccccc21. The Bertz CT molecular complexity index is 873. The van der Waals surface area contributed by atoms with Crippen molar-refractivity contribution in [1.29, 1.82) is 0 Å². The molecule has 3 aliphatic rings. The van der Waals surface area contributed by atoms with Crippen molar-refractivity contribution in [3.05, 3.63) is 30.0 Å². The summed E-state index contributed by atoms with van der Waals surface area (Å²) in [6.45, 7) is 5.96. The van der Waals surface area contributed by atoms with E-state index in [1.54, 1.807) is 4.68 Å². The highest BCUT2D eigenvalue weighted by Gasteiger charge is 2.45. The number of fused-ring (bicyclic) bond motifs is 1. The van der Waals surface area contributed by atoms with Crippen LogP contribution in [0.3, 0.4) is 0 Å². The van der Waals surface area contributed by atoms with Gasteiger partial charge in [0.05, 0.1) is 24.3 Å². The van der Waals surface area contributed by atoms with Crippen LogP contribution < -0.4 is 0 Å². The van der Waals surface area contributed by atoms with Gasteiger partial charge in [0.15, 0.2) is 5.69 Å². The van der Waals surface area contributed by atoms with Crippen molar-refractivity contribution in [1.82, 2.24) is 19.6 Å². The van der Waals surface area contributed by atoms with Crippen molar-refractivity contribution < 1.29 is 9.53 Å². The van der Waals surface area contributed by atoms with Crippen LogP contribution in [0.15, 0.2) is 24.3 Å². The number of amides is 1. The van der Waals surface area contributed by atoms with Crippen molar-refractivity contribution in [3.63, 3.8) is 0 Å². The third-order valence-electron chi connectivity index (χ3n) is 6.79. The number of hydrogen-bond donors (Lipinski definition) is 0. The van der Waals surface area contributed by atoms with E-state index in [2.05, 4.69) is 10.00 Å². The molecule has 0 N–H and O–H groups in total. The lowest BCUT2D eigenvalue weighted by Crippen LogP contribution is -2.50. The molecule has 0 bridgehead atoms. The van der Waals surface area contributed by atoms with Crippen molar-refractivity contribution in [2.45, 2.75) is 37.7 Å². The van der Waals surface area contributed by atoms with E-state index in [0.29, 0.717) is 18.2 Å². The van der Waals surface area contributed by atoms with Crippen LogP contribution >= 0.6 is 0 Å². The maximum absolute atomic E-state index is 13.3. The number of carbonyl (C=O) groups excluding carboxylic acids is 1. The largest absolute Gasteiger partial charge is 0.373 e. The van der Waals surface area contributed by atoms with E-state index < -0.39 is 0 Å². The quantitative estimate of drug-likeness (QED) is 0.819. The van der Waals surface area contributed by atoms with Crippen LogP contribution in [0, 0.1) is 5.92 Å². The first-order valence-electron chi connectivity index (χ1n) is 10.7. The van der Waals surface area contributed by atoms with Crippen molar-refractivity contribution >= 4 is 16.8 Å². The van der Waals surface area contributed by atoms with Gasteiger partial charge in [-0.05, 0) is 57.2 Å². The van der Waals surface area contributed by atoms with Crippen LogP contribution in [0.5, 0.6) is 0 Å². The molecular weight excluding hydrogens is 352 g/mol. The third kappa shape index (κ3) is 3.22. The van der Waals surface area contributed by atoms with Crippen LogP contribution in [-0.4, -0.2) is 70.4 Å². The van der Waals surface area contributed by atoms with Gasteiger partial charge in [-0.25, -0.2) is 0 Å². The first-order chi connectivity index (χ1) is 13.6. The number of nitrogens with zero attached hydrogens (tertiary/aromatic N) is 4. The molecular formula is C22H30N4O2. The first-order valence-corrected chi connectivity index (χ1v) is 10.7. The second-order valence-electron chi connectivity index (χ2n) is 8.89. The van der Waals surface area contributed by atoms with E-state index in [4.69, 9.17) is 4.74 Å². The summed E-state index contributed by atoms with van der Waals surface area (Å²) in [6.07, 6.45) is 5.82. The molecule has 2 aromatic rings. The highest BCUT2D eigenvalue weighted by Crippen LogP contribution is 2.38. The van der Waals surface area contributed by atoms with E-state index in [9.17, 15) is 4.79 Å². The van der Waals surface area contributed by atoms with Gasteiger partial charge in [-0.2, -0.15) is 5.10 Å². The number of rotatable bonds is 3. The summed E-state index contributed by atoms with van der Waals surface area (Å²) in [5.41, 5.74) is 1.42. The Balaban J connectivity index is 1.31. The smallest absolute Gasteiger partial charge is 0.275 e. The molecule has 3 aliphatic heterocycles. The zero-order valence-corrected chi connectivity index (χ0v) is 16.8. The Kier molecular flexibility index (Phi) is 4.63. The molecule has 1 spiro atoms. The van der Waals surface area contributed by atoms with E-state index >= 15 is 0 Å². The van der Waals surface area contributed by atoms with Gasteiger partial charge in [0.2, 0.25) is 0 Å². The third-order valence-corrected chi connectivity index (χ3v) is 6.79. The predicted molar refractivity (Wildman–Crippen MR) is 108 cm³/mol. The minimum Gasteiger partial charge on any atom is -0.373 e. The summed E-state index contributed by atoms with van der Waals surface area (Å²) < 4.78 is 8.17. The average Bonchev–Trinajstić information content (AvgIpc) is 3.43. The summed E-state index contributed by atoms with van der Waals surface area (Å²) >= 11 is 0. The molecule has 1 aromatic carbocycles. The maximum atomic E-state index is 13.3. The number of hydrogen-bond acceptors (Lipinski definition) is 4. The number of carbonyl (C=O) groups is 1. The minimum atomic E-state index is -0.150. The minimum absolute atomic E-state index is 0.0440. The number of benzene rings is 1. The molecule has 5 rings (SSSR count). The Morgan fingerprint density at radius 3 is 2.89 bits per heavy atom. The maximum Gasteiger partial charge on any atom is 0.275 e. The molecule has 28 heavy (non-hydrogen) atoms. The Labute approximate surface area is 166 Å². The van der Waals surface area contributed by atoms with Crippen molar-refractivity contribution in [3.8, 4) is 0 Å². The number of piperidine rings is 1. The van der Waals surface area contributed by atoms with Gasteiger partial charge in [-0.1, -0.05) is 18.2 Å². The average molecular weight is 383 g/mol. The number of para-hydroxylation sites is 1. The van der Waals surface area contributed by atoms with Gasteiger partial charge in [0, 0.05) is 25.5 Å². The number of aromatic nitrogens is 2. The normalized spacial score (nSPS) is 28.6. The van der Waals surface area contributed by atoms with Crippen LogP contribution in [0.1, 0.15) is 42.6 Å². The van der Waals surface area contributed by atoms with E-state index in [0.717, 1.165) is 49.9 Å². The standard InChI is InChI=1S/C22H30N4O2/c1-24-19-8-3-2-7-18(19)20(23-24)21(27)26-12-6-9-22(16-26)13-17(15-28-22)14-25-10-4-5-11-25/h2-3,7-8,17H,4-6,9-16H2,1H3/t17-,22-/m1/s1. The van der Waals surface area contributed by atoms with Gasteiger partial charge in [0.1, 0.15) is 0 Å². The lowest BCUT2D eigenvalue weighted by molar-refractivity contribution is -0.0451. The monoisotopic (exact) mass is 382 g/mol. The lowest BCUT2D eigenvalue weighted by Gasteiger charge is -2.39. The summed E-state index contributed by atoms with van der Waals surface area (Å²) in [4.78, 5) is 17.9. The van der Waals surface area contributed by atoms with Gasteiger partial charge in [-0.15, -0.1) is 0 Å². The molecule has 150 valence electrons. The van der Waals surface area contributed by atoms with Crippen LogP contribution in [0.2, 0.25) is 0 Å². The number of likely N-dealkylation sites (tertiary alicyclic amines) is 2. The molecule has 3 fully saturated rings. The molecule has 4 heterocycles. The molecule has 0 unspecified atom stereocenters. The van der Waals surface area contributed by atoms with Gasteiger partial charge in [-0.3, -0.25) is 9.48 Å². The molecule has 1 amide bonds. The van der Waals surface area contributed by atoms with Crippen LogP contribution in [0.25, 0.3) is 10.9 Å². The number of ether oxygens (including phenoxy) is 1. The molecule has 2 atom stereocenters. The lowest BCUT2D eigenvalue weighted by atomic mass is 9.86. The van der Waals surface area contributed by atoms with Gasteiger partial charge in [0.25, 0.3) is 5.91 Å². The molecule has 6 nitrogen and oxygen atoms in total. The zero-order chi connectivity index (χ0) is 19.1. The topological polar surface area (TPSA) is 50.6 Å². The summed E-state index contributed by atoms with van der Waals surface area (Å²) in [7, 11) is 1.90. The Hall–Kier alpha value is -1.92. The Morgan fingerprint density at radius 2 is 2.04 bits per heavy atom. The van der Waals surface area contributed by atoms with Crippen LogP contribution in [0.4, 0.5) is 0 Å². The van der Waals surface area contributed by atoms with Crippen molar-refractivity contribution in [2.75, 3.05) is 39.3 Å². The van der Waals surface area contributed by atoms with Gasteiger partial charge < -0.3 is 14.5 Å². The molecule has 0 radical (unpaired) electrons. The second-order valence-corrected chi connectivity index (χ2v) is 8.89. The molecule has 0 aliphatic carbocycles. The molecule has 0 saturated carbocycles. The molecule has 1 aromatic heterocycles. The number of aryl methyl sites for hydroxylation is 1. The fraction of sp³-hybridized carbons (Fsp3) is 0.636. The Morgan fingerprint density at radius 1 is 1.21 bits per heavy atom. The fourth-order valence-corrected chi connectivity index (χ4v) is 5.46. The molecule has 3 saturated heterocycles. The second kappa shape index (κ2) is 7.16. The highest BCUT2D eigenvalue weighted by molar-refractivity contribution is 6.04.